The molecule has 1 heterocycles. The number of likely N-dealkylation sites (N-methyl/N-ethyl adjacent to an activating group) is 1. The molecule has 1 unspecified atom stereocenters. The number of morpholine rings is 1. The van der Waals surface area contributed by atoms with E-state index in [4.69, 9.17) is 9.47 Å². The first-order chi connectivity index (χ1) is 9.19. The summed E-state index contributed by atoms with van der Waals surface area (Å²) in [6.07, 6.45) is 3.25. The van der Waals surface area contributed by atoms with Gasteiger partial charge in [-0.05, 0) is 25.7 Å². The molecule has 0 spiro atoms. The highest BCUT2D eigenvalue weighted by atomic mass is 16.5. The van der Waals surface area contributed by atoms with Crippen molar-refractivity contribution in [2.24, 2.45) is 5.92 Å². The van der Waals surface area contributed by atoms with Crippen molar-refractivity contribution < 1.29 is 14.3 Å². The Kier molecular flexibility index (Phi) is 5.60. The highest BCUT2D eigenvalue weighted by molar-refractivity contribution is 5.76. The summed E-state index contributed by atoms with van der Waals surface area (Å²) >= 11 is 0. The van der Waals surface area contributed by atoms with Crippen molar-refractivity contribution in [3.8, 4) is 0 Å². The first-order valence-electron chi connectivity index (χ1n) is 7.37. The Balaban J connectivity index is 1.62. The van der Waals surface area contributed by atoms with Crippen LogP contribution in [0.3, 0.4) is 0 Å². The minimum atomic E-state index is 0.139. The maximum atomic E-state index is 12.1. The van der Waals surface area contributed by atoms with E-state index in [1.54, 1.807) is 0 Å². The minimum Gasteiger partial charge on any atom is -0.378 e. The molecular weight excluding hydrogens is 244 g/mol. The van der Waals surface area contributed by atoms with Gasteiger partial charge in [0.1, 0.15) is 0 Å². The molecule has 0 radical (unpaired) electrons. The maximum Gasteiger partial charge on any atom is 0.222 e. The van der Waals surface area contributed by atoms with Crippen LogP contribution in [0, 0.1) is 5.92 Å². The van der Waals surface area contributed by atoms with Gasteiger partial charge in [0.25, 0.3) is 0 Å². The second-order valence-electron chi connectivity index (χ2n) is 5.59. The van der Waals surface area contributed by atoms with Crippen molar-refractivity contribution in [3.63, 3.8) is 0 Å². The van der Waals surface area contributed by atoms with Gasteiger partial charge in [-0.2, -0.15) is 0 Å². The lowest BCUT2D eigenvalue weighted by molar-refractivity contribution is -0.135. The van der Waals surface area contributed by atoms with E-state index >= 15 is 0 Å². The highest BCUT2D eigenvalue weighted by Gasteiger charge is 2.32. The largest absolute Gasteiger partial charge is 0.378 e. The zero-order valence-electron chi connectivity index (χ0n) is 12.1. The molecule has 1 amide bonds. The van der Waals surface area contributed by atoms with Crippen molar-refractivity contribution >= 4 is 5.91 Å². The van der Waals surface area contributed by atoms with Crippen LogP contribution in [0.15, 0.2) is 0 Å². The Labute approximate surface area is 115 Å². The zero-order valence-corrected chi connectivity index (χ0v) is 12.1. The summed E-state index contributed by atoms with van der Waals surface area (Å²) in [6, 6.07) is 0. The molecule has 5 heteroatoms. The molecule has 0 aromatic rings. The molecule has 0 aromatic heterocycles. The van der Waals surface area contributed by atoms with Crippen LogP contribution in [0.4, 0.5) is 0 Å². The van der Waals surface area contributed by atoms with Gasteiger partial charge in [0.05, 0.1) is 18.8 Å². The summed E-state index contributed by atoms with van der Waals surface area (Å²) in [6.45, 7) is 5.98. The van der Waals surface area contributed by atoms with Crippen molar-refractivity contribution in [1.82, 2.24) is 10.2 Å². The Hall–Kier alpha value is -0.650. The number of carbonyl (C=O) groups is 1. The van der Waals surface area contributed by atoms with Crippen LogP contribution in [0.2, 0.25) is 0 Å². The number of carbonyl (C=O) groups excluding carboxylic acids is 1. The fraction of sp³-hybridized carbons (Fsp3) is 0.929. The molecule has 1 aliphatic carbocycles. The molecule has 1 N–H and O–H groups in total. The van der Waals surface area contributed by atoms with Crippen LogP contribution in [-0.4, -0.2) is 62.9 Å². The number of hydrogen-bond acceptors (Lipinski definition) is 4. The summed E-state index contributed by atoms with van der Waals surface area (Å²) in [7, 11) is 1.87. The topological polar surface area (TPSA) is 50.8 Å². The quantitative estimate of drug-likeness (QED) is 0.769. The average Bonchev–Trinajstić information content (AvgIpc) is 2.37. The van der Waals surface area contributed by atoms with Crippen molar-refractivity contribution in [2.75, 3.05) is 39.9 Å². The third-order valence-corrected chi connectivity index (χ3v) is 3.97. The normalized spacial score (nSPS) is 30.7. The molecule has 110 valence electrons. The van der Waals surface area contributed by atoms with E-state index in [-0.39, 0.29) is 12.0 Å². The first-order valence-corrected chi connectivity index (χ1v) is 7.37. The molecule has 1 saturated carbocycles. The second-order valence-corrected chi connectivity index (χ2v) is 5.59. The number of nitrogens with zero attached hydrogens (tertiary/aromatic N) is 1. The van der Waals surface area contributed by atoms with E-state index in [1.807, 2.05) is 18.9 Å². The van der Waals surface area contributed by atoms with E-state index in [9.17, 15) is 4.79 Å². The molecular formula is C14H26N2O3. The third-order valence-electron chi connectivity index (χ3n) is 3.97. The molecule has 1 atom stereocenters. The first kappa shape index (κ1) is 14.8. The van der Waals surface area contributed by atoms with Gasteiger partial charge in [0.2, 0.25) is 5.91 Å². The van der Waals surface area contributed by atoms with E-state index in [1.165, 1.54) is 0 Å². The lowest BCUT2D eigenvalue weighted by atomic mass is 9.80. The lowest BCUT2D eigenvalue weighted by Crippen LogP contribution is -2.46. The van der Waals surface area contributed by atoms with Gasteiger partial charge >= 0.3 is 0 Å². The maximum absolute atomic E-state index is 12.1. The second kappa shape index (κ2) is 7.22. The SMILES string of the molecule is CCOC1CC(CC(=O)N(C)CC2CNCCO2)C1. The molecule has 19 heavy (non-hydrogen) atoms. The lowest BCUT2D eigenvalue weighted by Gasteiger charge is -2.36. The number of amides is 1. The predicted molar refractivity (Wildman–Crippen MR) is 73.0 cm³/mol. The Bertz CT molecular complexity index is 286. The average molecular weight is 270 g/mol. The molecule has 1 aliphatic heterocycles. The fourth-order valence-electron chi connectivity index (χ4n) is 2.76. The predicted octanol–water partition coefficient (Wildman–Crippen LogP) is 0.638. The van der Waals surface area contributed by atoms with Crippen LogP contribution < -0.4 is 5.32 Å². The number of nitrogens with one attached hydrogen (secondary N) is 1. The number of hydrogen-bond donors (Lipinski definition) is 1. The molecule has 5 nitrogen and oxygen atoms in total. The van der Waals surface area contributed by atoms with Gasteiger partial charge < -0.3 is 19.7 Å². The smallest absolute Gasteiger partial charge is 0.222 e. The highest BCUT2D eigenvalue weighted by Crippen LogP contribution is 2.33. The summed E-state index contributed by atoms with van der Waals surface area (Å²) in [5.41, 5.74) is 0. The van der Waals surface area contributed by atoms with Gasteiger partial charge in [-0.3, -0.25) is 4.79 Å². The van der Waals surface area contributed by atoms with Gasteiger partial charge in [0.15, 0.2) is 0 Å². The van der Waals surface area contributed by atoms with Gasteiger partial charge in [-0.15, -0.1) is 0 Å². The minimum absolute atomic E-state index is 0.139. The number of rotatable bonds is 6. The van der Waals surface area contributed by atoms with E-state index < -0.39 is 0 Å². The molecule has 2 rings (SSSR count). The fourth-order valence-corrected chi connectivity index (χ4v) is 2.76. The summed E-state index contributed by atoms with van der Waals surface area (Å²) in [4.78, 5) is 13.9. The van der Waals surface area contributed by atoms with Crippen LogP contribution in [0.1, 0.15) is 26.2 Å². The van der Waals surface area contributed by atoms with Crippen molar-refractivity contribution in [2.45, 2.75) is 38.4 Å². The van der Waals surface area contributed by atoms with Crippen LogP contribution in [0.5, 0.6) is 0 Å². The van der Waals surface area contributed by atoms with E-state index in [0.29, 0.717) is 25.0 Å². The molecule has 0 bridgehead atoms. The van der Waals surface area contributed by atoms with E-state index in [2.05, 4.69) is 5.32 Å². The third kappa shape index (κ3) is 4.44. The van der Waals surface area contributed by atoms with Crippen LogP contribution in [-0.2, 0) is 14.3 Å². The Morgan fingerprint density at radius 1 is 1.47 bits per heavy atom. The Morgan fingerprint density at radius 3 is 2.89 bits per heavy atom. The van der Waals surface area contributed by atoms with Crippen LogP contribution in [0.25, 0.3) is 0 Å². The monoisotopic (exact) mass is 270 g/mol. The summed E-state index contributed by atoms with van der Waals surface area (Å²) in [5.74, 6) is 0.742. The molecule has 1 saturated heterocycles. The van der Waals surface area contributed by atoms with Crippen LogP contribution >= 0.6 is 0 Å². The van der Waals surface area contributed by atoms with Gasteiger partial charge in [0, 0.05) is 39.7 Å². The Morgan fingerprint density at radius 2 is 2.26 bits per heavy atom. The van der Waals surface area contributed by atoms with Crippen molar-refractivity contribution in [3.05, 3.63) is 0 Å². The standard InChI is InChI=1S/C14H26N2O3/c1-3-18-12-6-11(7-12)8-14(17)16(2)10-13-9-15-4-5-19-13/h11-13,15H,3-10H2,1-2H3. The molecule has 0 aromatic carbocycles. The zero-order chi connectivity index (χ0) is 13.7. The van der Waals surface area contributed by atoms with Gasteiger partial charge in [-0.1, -0.05) is 0 Å². The number of ether oxygens (including phenoxy) is 2. The molecule has 2 fully saturated rings. The summed E-state index contributed by atoms with van der Waals surface area (Å²) < 4.78 is 11.1. The van der Waals surface area contributed by atoms with Gasteiger partial charge in [-0.25, -0.2) is 0 Å². The van der Waals surface area contributed by atoms with E-state index in [0.717, 1.165) is 39.1 Å². The molecule has 2 aliphatic rings. The summed E-state index contributed by atoms with van der Waals surface area (Å²) in [5, 5.41) is 3.28. The van der Waals surface area contributed by atoms with Crippen molar-refractivity contribution in [1.29, 1.82) is 0 Å².